The average molecular weight is 338 g/mol. The molecule has 1 atom stereocenters. The first-order valence-electron chi connectivity index (χ1n) is 8.48. The van der Waals surface area contributed by atoms with Crippen LogP contribution in [-0.4, -0.2) is 22.8 Å². The molecule has 1 aliphatic rings. The highest BCUT2D eigenvalue weighted by Crippen LogP contribution is 2.24. The second-order valence-corrected chi connectivity index (χ2v) is 6.41. The van der Waals surface area contributed by atoms with Crippen LogP contribution in [0.1, 0.15) is 18.7 Å². The molecule has 25 heavy (non-hydrogen) atoms. The van der Waals surface area contributed by atoms with Crippen molar-refractivity contribution in [2.75, 3.05) is 7.11 Å². The summed E-state index contributed by atoms with van der Waals surface area (Å²) in [6.07, 6.45) is 2.55. The Kier molecular flexibility index (Phi) is 4.09. The van der Waals surface area contributed by atoms with Crippen molar-refractivity contribution in [1.29, 1.82) is 0 Å². The minimum atomic E-state index is -0.279. The van der Waals surface area contributed by atoms with E-state index in [1.165, 1.54) is 12.1 Å². The summed E-state index contributed by atoms with van der Waals surface area (Å²) in [5, 5.41) is 0.597. The molecule has 4 rings (SSSR count). The molecular formula is C20H19FN2O2. The molecule has 0 bridgehead atoms. The molecule has 0 spiro atoms. The van der Waals surface area contributed by atoms with Crippen LogP contribution in [0.5, 0.6) is 0 Å². The summed E-state index contributed by atoms with van der Waals surface area (Å²) in [7, 11) is 1.71. The third-order valence-corrected chi connectivity index (χ3v) is 4.89. The first-order chi connectivity index (χ1) is 12.2. The molecule has 5 heteroatoms. The number of halogens is 1. The first-order valence-corrected chi connectivity index (χ1v) is 8.48. The monoisotopic (exact) mass is 338 g/mol. The second kappa shape index (κ2) is 6.41. The van der Waals surface area contributed by atoms with Gasteiger partial charge in [0.25, 0.3) is 5.56 Å². The van der Waals surface area contributed by atoms with Gasteiger partial charge in [0.15, 0.2) is 0 Å². The number of aromatic nitrogens is 2. The molecule has 0 fully saturated rings. The van der Waals surface area contributed by atoms with Crippen LogP contribution < -0.4 is 5.56 Å². The number of fused-ring (bicyclic) bond motifs is 2. The fraction of sp³-hybridized carbons (Fsp3) is 0.300. The SMILES string of the molecule is COC1CCc2nc3cc(-c4cccc(F)c4)ccc3c(=O)n2CC1. The Balaban J connectivity index is 1.83. The van der Waals surface area contributed by atoms with Crippen molar-refractivity contribution in [3.63, 3.8) is 0 Å². The summed E-state index contributed by atoms with van der Waals surface area (Å²) >= 11 is 0. The Bertz CT molecular complexity index is 997. The Morgan fingerprint density at radius 3 is 2.80 bits per heavy atom. The molecule has 3 aromatic rings. The number of ether oxygens (including phenoxy) is 1. The van der Waals surface area contributed by atoms with Crippen LogP contribution in [0, 0.1) is 5.82 Å². The van der Waals surface area contributed by atoms with E-state index in [1.54, 1.807) is 23.8 Å². The van der Waals surface area contributed by atoms with Gasteiger partial charge >= 0.3 is 0 Å². The highest BCUT2D eigenvalue weighted by molar-refractivity contribution is 5.83. The van der Waals surface area contributed by atoms with Crippen molar-refractivity contribution in [3.8, 4) is 11.1 Å². The topological polar surface area (TPSA) is 44.1 Å². The molecule has 0 N–H and O–H groups in total. The van der Waals surface area contributed by atoms with E-state index in [0.29, 0.717) is 23.9 Å². The number of methoxy groups -OCH3 is 1. The lowest BCUT2D eigenvalue weighted by molar-refractivity contribution is 0.0885. The predicted molar refractivity (Wildman–Crippen MR) is 95.1 cm³/mol. The van der Waals surface area contributed by atoms with E-state index in [4.69, 9.17) is 9.72 Å². The van der Waals surface area contributed by atoms with Crippen molar-refractivity contribution in [2.45, 2.75) is 31.9 Å². The van der Waals surface area contributed by atoms with Gasteiger partial charge in [-0.2, -0.15) is 0 Å². The minimum absolute atomic E-state index is 0.0115. The molecule has 0 aliphatic carbocycles. The summed E-state index contributed by atoms with van der Waals surface area (Å²) < 4.78 is 20.7. The van der Waals surface area contributed by atoms with Crippen molar-refractivity contribution in [1.82, 2.24) is 9.55 Å². The van der Waals surface area contributed by atoms with Crippen LogP contribution in [0.15, 0.2) is 47.3 Å². The van der Waals surface area contributed by atoms with Crippen LogP contribution >= 0.6 is 0 Å². The second-order valence-electron chi connectivity index (χ2n) is 6.41. The molecule has 1 unspecified atom stereocenters. The zero-order chi connectivity index (χ0) is 17.4. The number of rotatable bonds is 2. The van der Waals surface area contributed by atoms with E-state index in [2.05, 4.69) is 0 Å². The largest absolute Gasteiger partial charge is 0.381 e. The van der Waals surface area contributed by atoms with Gasteiger partial charge in [0, 0.05) is 20.1 Å². The predicted octanol–water partition coefficient (Wildman–Crippen LogP) is 3.55. The maximum absolute atomic E-state index is 13.5. The van der Waals surface area contributed by atoms with Crippen LogP contribution in [0.4, 0.5) is 4.39 Å². The summed E-state index contributed by atoms with van der Waals surface area (Å²) in [5.74, 6) is 0.520. The third kappa shape index (κ3) is 2.96. The maximum atomic E-state index is 13.5. The van der Waals surface area contributed by atoms with E-state index in [-0.39, 0.29) is 17.5 Å². The number of hydrogen-bond acceptors (Lipinski definition) is 3. The minimum Gasteiger partial charge on any atom is -0.381 e. The average Bonchev–Trinajstić information content (AvgIpc) is 2.84. The lowest BCUT2D eigenvalue weighted by atomic mass is 10.0. The maximum Gasteiger partial charge on any atom is 0.261 e. The third-order valence-electron chi connectivity index (χ3n) is 4.89. The van der Waals surface area contributed by atoms with Gasteiger partial charge in [-0.15, -0.1) is 0 Å². The number of nitrogens with zero attached hydrogens (tertiary/aromatic N) is 2. The molecule has 0 radical (unpaired) electrons. The molecule has 0 saturated heterocycles. The molecule has 1 aliphatic heterocycles. The zero-order valence-corrected chi connectivity index (χ0v) is 14.0. The molecule has 0 amide bonds. The van der Waals surface area contributed by atoms with Crippen molar-refractivity contribution in [3.05, 3.63) is 64.5 Å². The Hall–Kier alpha value is -2.53. The molecule has 128 valence electrons. The lowest BCUT2D eigenvalue weighted by Crippen LogP contribution is -2.24. The van der Waals surface area contributed by atoms with Gasteiger partial charge in [-0.3, -0.25) is 9.36 Å². The van der Waals surface area contributed by atoms with Gasteiger partial charge in [0.05, 0.1) is 17.0 Å². The number of aryl methyl sites for hydroxylation is 1. The summed E-state index contributed by atoms with van der Waals surface area (Å²) in [6, 6.07) is 11.9. The van der Waals surface area contributed by atoms with Crippen LogP contribution in [-0.2, 0) is 17.7 Å². The van der Waals surface area contributed by atoms with Gasteiger partial charge < -0.3 is 4.74 Å². The van der Waals surface area contributed by atoms with Gasteiger partial charge in [-0.05, 0) is 48.2 Å². The fourth-order valence-corrected chi connectivity index (χ4v) is 3.48. The molecular weight excluding hydrogens is 319 g/mol. The highest BCUT2D eigenvalue weighted by atomic mass is 19.1. The lowest BCUT2D eigenvalue weighted by Gasteiger charge is -2.11. The van der Waals surface area contributed by atoms with Crippen molar-refractivity contribution in [2.24, 2.45) is 0 Å². The molecule has 0 saturated carbocycles. The van der Waals surface area contributed by atoms with Crippen LogP contribution in [0.25, 0.3) is 22.0 Å². The quantitative estimate of drug-likeness (QED) is 0.718. The highest BCUT2D eigenvalue weighted by Gasteiger charge is 2.19. The van der Waals surface area contributed by atoms with E-state index >= 15 is 0 Å². The Labute approximate surface area is 144 Å². The van der Waals surface area contributed by atoms with Gasteiger partial charge in [0.1, 0.15) is 11.6 Å². The van der Waals surface area contributed by atoms with Crippen molar-refractivity contribution < 1.29 is 9.13 Å². The summed E-state index contributed by atoms with van der Waals surface area (Å²) in [6.45, 7) is 0.626. The fourth-order valence-electron chi connectivity index (χ4n) is 3.48. The van der Waals surface area contributed by atoms with Crippen LogP contribution in [0.2, 0.25) is 0 Å². The molecule has 2 heterocycles. The van der Waals surface area contributed by atoms with E-state index in [1.807, 2.05) is 18.2 Å². The van der Waals surface area contributed by atoms with E-state index in [0.717, 1.165) is 29.8 Å². The summed E-state index contributed by atoms with van der Waals surface area (Å²) in [4.78, 5) is 17.6. The molecule has 2 aromatic carbocycles. The zero-order valence-electron chi connectivity index (χ0n) is 14.0. The number of benzene rings is 2. The van der Waals surface area contributed by atoms with E-state index < -0.39 is 0 Å². The van der Waals surface area contributed by atoms with Gasteiger partial charge in [-0.1, -0.05) is 18.2 Å². The molecule has 1 aromatic heterocycles. The van der Waals surface area contributed by atoms with Gasteiger partial charge in [0.2, 0.25) is 0 Å². The van der Waals surface area contributed by atoms with E-state index in [9.17, 15) is 9.18 Å². The normalized spacial score (nSPS) is 17.3. The van der Waals surface area contributed by atoms with Crippen LogP contribution in [0.3, 0.4) is 0 Å². The Morgan fingerprint density at radius 1 is 1.16 bits per heavy atom. The molecule has 4 nitrogen and oxygen atoms in total. The number of hydrogen-bond donors (Lipinski definition) is 0. The van der Waals surface area contributed by atoms with Gasteiger partial charge in [-0.25, -0.2) is 9.37 Å². The standard InChI is InChI=1S/C20H19FN2O2/c1-25-16-6-8-19-22-18-12-14(13-3-2-4-15(21)11-13)5-7-17(18)20(24)23(19)10-9-16/h2-5,7,11-12,16H,6,8-10H2,1H3. The van der Waals surface area contributed by atoms with Crippen molar-refractivity contribution >= 4 is 10.9 Å². The first kappa shape index (κ1) is 16.0. The Morgan fingerprint density at radius 2 is 2.00 bits per heavy atom. The smallest absolute Gasteiger partial charge is 0.261 e. The summed E-state index contributed by atoms with van der Waals surface area (Å²) in [5.41, 5.74) is 2.28.